The molecule has 1 aliphatic carbocycles. The van der Waals surface area contributed by atoms with Crippen LogP contribution in [0.15, 0.2) is 64.8 Å². The minimum atomic E-state index is -0.315. The Morgan fingerprint density at radius 3 is 2.34 bits per heavy atom. The molecule has 5 aromatic rings. The SMILES string of the molecule is CC(=O)/C=C(/C)O.CC(C)Cc1ccc2c3c1oc1cc[c-]c(c13)-c1nc3ccccc3nc1C2(C)C.[Ir]. The van der Waals surface area contributed by atoms with E-state index in [9.17, 15) is 4.79 Å². The predicted molar refractivity (Wildman–Crippen MR) is 149 cm³/mol. The maximum absolute atomic E-state index is 10.0. The molecule has 6 heteroatoms. The molecular formula is C32H31IrN2O3-. The van der Waals surface area contributed by atoms with Gasteiger partial charge in [-0.25, -0.2) is 0 Å². The summed E-state index contributed by atoms with van der Waals surface area (Å²) in [4.78, 5) is 20.2. The summed E-state index contributed by atoms with van der Waals surface area (Å²) in [5.74, 6) is 0.495. The van der Waals surface area contributed by atoms with Gasteiger partial charge in [-0.2, -0.15) is 0 Å². The summed E-state index contributed by atoms with van der Waals surface area (Å²) in [6.07, 6.45) is 2.16. The molecule has 0 spiro atoms. The molecule has 1 radical (unpaired) electrons. The molecule has 0 bridgehead atoms. The van der Waals surface area contributed by atoms with E-state index in [1.165, 1.54) is 36.4 Å². The van der Waals surface area contributed by atoms with Gasteiger partial charge in [0.1, 0.15) is 5.58 Å². The molecule has 2 aromatic heterocycles. The molecule has 0 atom stereocenters. The van der Waals surface area contributed by atoms with E-state index in [1.807, 2.05) is 36.4 Å². The monoisotopic (exact) mass is 684 g/mol. The minimum absolute atomic E-state index is 0. The second-order valence-electron chi connectivity index (χ2n) is 10.7. The molecule has 0 aliphatic heterocycles. The van der Waals surface area contributed by atoms with Crippen LogP contribution in [-0.2, 0) is 36.7 Å². The Kier molecular flexibility index (Phi) is 7.60. The predicted octanol–water partition coefficient (Wildman–Crippen LogP) is 7.87. The van der Waals surface area contributed by atoms with Crippen LogP contribution < -0.4 is 0 Å². The Bertz CT molecular complexity index is 1710. The fraction of sp³-hybridized carbons (Fsp3) is 0.281. The summed E-state index contributed by atoms with van der Waals surface area (Å²) in [6.45, 7) is 11.8. The molecule has 0 amide bonds. The number of rotatable bonds is 3. The summed E-state index contributed by atoms with van der Waals surface area (Å²) in [6, 6.07) is 20.1. The van der Waals surface area contributed by atoms with Crippen LogP contribution >= 0.6 is 0 Å². The molecule has 0 saturated heterocycles. The van der Waals surface area contributed by atoms with Crippen LogP contribution in [0.25, 0.3) is 44.2 Å². The van der Waals surface area contributed by atoms with Crippen LogP contribution in [-0.4, -0.2) is 20.9 Å². The van der Waals surface area contributed by atoms with E-state index in [0.717, 1.165) is 51.0 Å². The van der Waals surface area contributed by atoms with Crippen LogP contribution in [0.1, 0.15) is 58.4 Å². The Labute approximate surface area is 236 Å². The molecule has 1 N–H and O–H groups in total. The number of para-hydroxylation sites is 2. The van der Waals surface area contributed by atoms with Gasteiger partial charge in [-0.1, -0.05) is 63.4 Å². The topological polar surface area (TPSA) is 76.2 Å². The van der Waals surface area contributed by atoms with Crippen molar-refractivity contribution in [3.8, 4) is 11.3 Å². The van der Waals surface area contributed by atoms with Gasteiger partial charge in [0, 0.05) is 43.0 Å². The van der Waals surface area contributed by atoms with Crippen molar-refractivity contribution >= 4 is 38.8 Å². The fourth-order valence-corrected chi connectivity index (χ4v) is 5.25. The molecule has 0 unspecified atom stereocenters. The van der Waals surface area contributed by atoms with Crippen molar-refractivity contribution < 1.29 is 34.4 Å². The second kappa shape index (κ2) is 10.4. The standard InChI is InChI=1S/C27H23N2O.C5H8O2.Ir/c1-15(2)14-16-12-13-18-23-22-17(8-7-11-21(22)30-25(16)23)24-26(27(18,3)4)29-20-10-6-5-9-19(20)28-24;1-4(6)3-5(2)7;/h5-7,9-13,15H,14H2,1-4H3;3,6H,1-2H3;/q-1;;/b;4-3-;. The smallest absolute Gasteiger partial charge is 0.155 e. The van der Waals surface area contributed by atoms with Crippen LogP contribution in [0.5, 0.6) is 0 Å². The van der Waals surface area contributed by atoms with E-state index < -0.39 is 0 Å². The number of nitrogens with zero attached hydrogens (tertiary/aromatic N) is 2. The van der Waals surface area contributed by atoms with Crippen molar-refractivity contribution in [2.45, 2.75) is 53.4 Å². The van der Waals surface area contributed by atoms with Gasteiger partial charge in [-0.05, 0) is 54.8 Å². The first-order valence-electron chi connectivity index (χ1n) is 12.6. The van der Waals surface area contributed by atoms with Gasteiger partial charge in [-0.3, -0.25) is 14.8 Å². The van der Waals surface area contributed by atoms with Crippen molar-refractivity contribution in [2.75, 3.05) is 0 Å². The van der Waals surface area contributed by atoms with E-state index >= 15 is 0 Å². The molecule has 0 fully saturated rings. The maximum atomic E-state index is 10.0. The normalized spacial score (nSPS) is 13.7. The quantitative estimate of drug-likeness (QED) is 0.119. The summed E-state index contributed by atoms with van der Waals surface area (Å²) >= 11 is 0. The van der Waals surface area contributed by atoms with Gasteiger partial charge >= 0.3 is 0 Å². The van der Waals surface area contributed by atoms with Crippen LogP contribution in [0.4, 0.5) is 0 Å². The molecule has 1 aliphatic rings. The average Bonchev–Trinajstić information content (AvgIpc) is 3.19. The summed E-state index contributed by atoms with van der Waals surface area (Å²) < 4.78 is 6.47. The number of hydrogen-bond donors (Lipinski definition) is 1. The van der Waals surface area contributed by atoms with E-state index in [0.29, 0.717) is 5.92 Å². The second-order valence-corrected chi connectivity index (χ2v) is 10.7. The number of benzene rings is 3. The van der Waals surface area contributed by atoms with Crippen LogP contribution in [0.2, 0.25) is 0 Å². The van der Waals surface area contributed by atoms with E-state index in [-0.39, 0.29) is 37.1 Å². The van der Waals surface area contributed by atoms with E-state index in [4.69, 9.17) is 19.5 Å². The number of aromatic nitrogens is 2. The third-order valence-electron chi connectivity index (χ3n) is 6.77. The first-order chi connectivity index (χ1) is 17.6. The summed E-state index contributed by atoms with van der Waals surface area (Å²) in [5, 5.41) is 10.7. The Balaban J connectivity index is 0.000000375. The van der Waals surface area contributed by atoms with Gasteiger partial charge in [0.15, 0.2) is 5.78 Å². The number of fused-ring (bicyclic) bond motifs is 3. The molecule has 5 nitrogen and oxygen atoms in total. The van der Waals surface area contributed by atoms with Gasteiger partial charge in [-0.15, -0.1) is 17.7 Å². The minimum Gasteiger partial charge on any atom is -0.512 e. The van der Waals surface area contributed by atoms with Gasteiger partial charge in [0.2, 0.25) is 0 Å². The Morgan fingerprint density at radius 2 is 1.74 bits per heavy atom. The van der Waals surface area contributed by atoms with Crippen molar-refractivity contribution in [1.82, 2.24) is 9.97 Å². The van der Waals surface area contributed by atoms with Crippen molar-refractivity contribution in [1.29, 1.82) is 0 Å². The molecule has 3 aromatic carbocycles. The first-order valence-corrected chi connectivity index (χ1v) is 12.6. The number of aliphatic hydroxyl groups excluding tert-OH is 1. The number of ketones is 1. The van der Waals surface area contributed by atoms with Gasteiger partial charge < -0.3 is 9.52 Å². The zero-order valence-corrected chi connectivity index (χ0v) is 24.9. The molecular weight excluding hydrogens is 653 g/mol. The van der Waals surface area contributed by atoms with E-state index in [1.54, 1.807) is 0 Å². The zero-order chi connectivity index (χ0) is 26.5. The third-order valence-corrected chi connectivity index (χ3v) is 6.77. The zero-order valence-electron chi connectivity index (χ0n) is 22.5. The molecule has 197 valence electrons. The number of allylic oxidation sites excluding steroid dienone is 2. The largest absolute Gasteiger partial charge is 0.512 e. The van der Waals surface area contributed by atoms with Crippen molar-refractivity contribution in [3.05, 3.63) is 83.3 Å². The third kappa shape index (κ3) is 4.79. The number of aliphatic hydroxyl groups is 1. The number of hydrogen-bond acceptors (Lipinski definition) is 5. The molecule has 6 rings (SSSR count). The summed E-state index contributed by atoms with van der Waals surface area (Å²) in [5.41, 5.74) is 8.83. The maximum Gasteiger partial charge on any atom is 0.155 e. The van der Waals surface area contributed by atoms with Crippen molar-refractivity contribution in [3.63, 3.8) is 0 Å². The fourth-order valence-electron chi connectivity index (χ4n) is 5.25. The Morgan fingerprint density at radius 1 is 1.05 bits per heavy atom. The van der Waals surface area contributed by atoms with Crippen LogP contribution in [0.3, 0.4) is 0 Å². The van der Waals surface area contributed by atoms with Crippen molar-refractivity contribution in [2.24, 2.45) is 5.92 Å². The molecule has 0 saturated carbocycles. The first kappa shape index (κ1) is 27.7. The van der Waals surface area contributed by atoms with Crippen LogP contribution in [0, 0.1) is 12.0 Å². The van der Waals surface area contributed by atoms with E-state index in [2.05, 4.69) is 45.9 Å². The molecule has 38 heavy (non-hydrogen) atoms. The number of carbonyl (C=O) groups is 1. The Hall–Kier alpha value is -3.34. The summed E-state index contributed by atoms with van der Waals surface area (Å²) in [7, 11) is 0. The van der Waals surface area contributed by atoms with Gasteiger partial charge in [0.05, 0.1) is 22.4 Å². The molecule has 2 heterocycles. The van der Waals surface area contributed by atoms with Gasteiger partial charge in [0.25, 0.3) is 0 Å². The average molecular weight is 684 g/mol. The number of furan rings is 1. The number of carbonyl (C=O) groups excluding carboxylic acids is 1.